The number of thiazole rings is 1. The maximum Gasteiger partial charge on any atom is 0.145 e. The van der Waals surface area contributed by atoms with Crippen molar-refractivity contribution in [3.63, 3.8) is 0 Å². The van der Waals surface area contributed by atoms with Crippen LogP contribution in [0.2, 0.25) is 0 Å². The van der Waals surface area contributed by atoms with Crippen molar-refractivity contribution in [2.45, 2.75) is 13.5 Å². The van der Waals surface area contributed by atoms with Gasteiger partial charge in [0, 0.05) is 11.4 Å². The number of aryl methyl sites for hydroxylation is 1. The summed E-state index contributed by atoms with van der Waals surface area (Å²) in [5.74, 6) is 1.54. The van der Waals surface area contributed by atoms with Gasteiger partial charge in [-0.1, -0.05) is 0 Å². The summed E-state index contributed by atoms with van der Waals surface area (Å²) in [6, 6.07) is 5.70. The van der Waals surface area contributed by atoms with Crippen molar-refractivity contribution in [2.75, 3.05) is 19.5 Å². The molecule has 4 nitrogen and oxygen atoms in total. The third-order valence-electron chi connectivity index (χ3n) is 2.54. The van der Waals surface area contributed by atoms with Crippen LogP contribution < -0.4 is 14.8 Å². The predicted molar refractivity (Wildman–Crippen MR) is 73.7 cm³/mol. The molecule has 2 rings (SSSR count). The van der Waals surface area contributed by atoms with Crippen LogP contribution in [0, 0.1) is 6.92 Å². The van der Waals surface area contributed by atoms with Crippen LogP contribution >= 0.6 is 11.3 Å². The Bertz CT molecular complexity index is 525. The number of rotatable bonds is 5. The third kappa shape index (κ3) is 2.92. The molecule has 2 aromatic rings. The summed E-state index contributed by atoms with van der Waals surface area (Å²) < 4.78 is 10.5. The molecule has 0 saturated heterocycles. The van der Waals surface area contributed by atoms with Gasteiger partial charge in [-0.25, -0.2) is 4.98 Å². The van der Waals surface area contributed by atoms with Crippen LogP contribution in [0.15, 0.2) is 23.6 Å². The summed E-state index contributed by atoms with van der Waals surface area (Å²) in [5, 5.41) is 6.44. The average Bonchev–Trinajstić information content (AvgIpc) is 2.82. The molecule has 96 valence electrons. The molecule has 0 spiro atoms. The van der Waals surface area contributed by atoms with Crippen LogP contribution in [0.3, 0.4) is 0 Å². The topological polar surface area (TPSA) is 43.4 Å². The van der Waals surface area contributed by atoms with Crippen molar-refractivity contribution in [3.8, 4) is 11.5 Å². The number of ether oxygens (including phenoxy) is 2. The number of hydrogen-bond acceptors (Lipinski definition) is 5. The molecule has 0 fully saturated rings. The molecule has 0 radical (unpaired) electrons. The number of methoxy groups -OCH3 is 2. The van der Waals surface area contributed by atoms with Gasteiger partial charge in [0.25, 0.3) is 0 Å². The van der Waals surface area contributed by atoms with Gasteiger partial charge in [-0.3, -0.25) is 0 Å². The molecule has 0 aliphatic rings. The highest BCUT2D eigenvalue weighted by Gasteiger charge is 2.05. The number of anilines is 1. The molecule has 0 bridgehead atoms. The summed E-state index contributed by atoms with van der Waals surface area (Å²) >= 11 is 1.65. The van der Waals surface area contributed by atoms with Gasteiger partial charge in [0.2, 0.25) is 0 Å². The van der Waals surface area contributed by atoms with E-state index >= 15 is 0 Å². The van der Waals surface area contributed by atoms with E-state index in [9.17, 15) is 0 Å². The molecule has 0 aliphatic carbocycles. The lowest BCUT2D eigenvalue weighted by atomic mass is 10.2. The molecule has 18 heavy (non-hydrogen) atoms. The number of nitrogens with zero attached hydrogens (tertiary/aromatic N) is 1. The molecule has 1 aromatic carbocycles. The molecule has 1 heterocycles. The molecule has 0 amide bonds. The molecule has 5 heteroatoms. The minimum absolute atomic E-state index is 0.688. The molecule has 0 saturated carbocycles. The van der Waals surface area contributed by atoms with E-state index in [4.69, 9.17) is 9.47 Å². The van der Waals surface area contributed by atoms with Gasteiger partial charge < -0.3 is 14.8 Å². The van der Waals surface area contributed by atoms with Gasteiger partial charge in [0.05, 0.1) is 37.2 Å². The minimum Gasteiger partial charge on any atom is -0.497 e. The van der Waals surface area contributed by atoms with E-state index in [2.05, 4.69) is 15.7 Å². The fourth-order valence-corrected chi connectivity index (χ4v) is 2.23. The lowest BCUT2D eigenvalue weighted by Crippen LogP contribution is -2.02. The van der Waals surface area contributed by atoms with E-state index in [0.717, 1.165) is 27.9 Å². The van der Waals surface area contributed by atoms with E-state index in [-0.39, 0.29) is 0 Å². The van der Waals surface area contributed by atoms with Crippen LogP contribution in [0.5, 0.6) is 11.5 Å². The Hall–Kier alpha value is -1.75. The minimum atomic E-state index is 0.688. The molecule has 1 N–H and O–H groups in total. The molecule has 0 unspecified atom stereocenters. The summed E-state index contributed by atoms with van der Waals surface area (Å²) in [7, 11) is 3.28. The summed E-state index contributed by atoms with van der Waals surface area (Å²) in [6.45, 7) is 2.69. The summed E-state index contributed by atoms with van der Waals surface area (Å²) in [5.41, 5.74) is 1.97. The molecule has 0 atom stereocenters. The first-order valence-electron chi connectivity index (χ1n) is 5.60. The molecular formula is C13H16N2O2S. The fourth-order valence-electron chi connectivity index (χ4n) is 1.62. The highest BCUT2D eigenvalue weighted by atomic mass is 32.1. The number of aromatic nitrogens is 1. The van der Waals surface area contributed by atoms with Crippen LogP contribution in [-0.4, -0.2) is 19.2 Å². The van der Waals surface area contributed by atoms with E-state index in [1.54, 1.807) is 25.6 Å². The van der Waals surface area contributed by atoms with Crippen molar-refractivity contribution in [1.82, 2.24) is 4.98 Å². The van der Waals surface area contributed by atoms with Gasteiger partial charge in [-0.2, -0.15) is 0 Å². The fraction of sp³-hybridized carbons (Fsp3) is 0.308. The highest BCUT2D eigenvalue weighted by Crippen LogP contribution is 2.29. The maximum atomic E-state index is 5.32. The van der Waals surface area contributed by atoms with Crippen LogP contribution in [-0.2, 0) is 6.54 Å². The zero-order chi connectivity index (χ0) is 13.0. The van der Waals surface area contributed by atoms with Crippen LogP contribution in [0.1, 0.15) is 10.7 Å². The Kier molecular flexibility index (Phi) is 4.04. The second-order valence-electron chi connectivity index (χ2n) is 3.78. The molecule has 0 aliphatic heterocycles. The highest BCUT2D eigenvalue weighted by molar-refractivity contribution is 7.09. The lowest BCUT2D eigenvalue weighted by molar-refractivity contribution is 0.395. The largest absolute Gasteiger partial charge is 0.497 e. The Morgan fingerprint density at radius 2 is 2.11 bits per heavy atom. The first kappa shape index (κ1) is 12.7. The first-order valence-corrected chi connectivity index (χ1v) is 6.48. The van der Waals surface area contributed by atoms with Gasteiger partial charge in [0.15, 0.2) is 0 Å². The quantitative estimate of drug-likeness (QED) is 0.901. The van der Waals surface area contributed by atoms with Gasteiger partial charge >= 0.3 is 0 Å². The van der Waals surface area contributed by atoms with Gasteiger partial charge in [-0.05, 0) is 19.1 Å². The predicted octanol–water partition coefficient (Wildman–Crippen LogP) is 3.08. The standard InChI is InChI=1S/C13H16N2O2S/c1-9-15-10(8-18-9)7-14-12-5-4-11(16-2)6-13(12)17-3/h4-6,8,14H,7H2,1-3H3. The van der Waals surface area contributed by atoms with E-state index in [1.165, 1.54) is 0 Å². The Morgan fingerprint density at radius 1 is 1.28 bits per heavy atom. The second kappa shape index (κ2) is 5.73. The van der Waals surface area contributed by atoms with Crippen LogP contribution in [0.25, 0.3) is 0 Å². The number of hydrogen-bond donors (Lipinski definition) is 1. The Labute approximate surface area is 111 Å². The summed E-state index contributed by atoms with van der Waals surface area (Å²) in [4.78, 5) is 4.41. The van der Waals surface area contributed by atoms with E-state index in [1.807, 2.05) is 25.1 Å². The Balaban J connectivity index is 2.08. The number of nitrogens with one attached hydrogen (secondary N) is 1. The Morgan fingerprint density at radius 3 is 2.72 bits per heavy atom. The van der Waals surface area contributed by atoms with Crippen molar-refractivity contribution in [1.29, 1.82) is 0 Å². The number of benzene rings is 1. The van der Waals surface area contributed by atoms with Crippen LogP contribution in [0.4, 0.5) is 5.69 Å². The molecular weight excluding hydrogens is 248 g/mol. The SMILES string of the molecule is COc1ccc(NCc2csc(C)n2)c(OC)c1. The van der Waals surface area contributed by atoms with Crippen molar-refractivity contribution < 1.29 is 9.47 Å². The lowest BCUT2D eigenvalue weighted by Gasteiger charge is -2.11. The normalized spacial score (nSPS) is 10.2. The van der Waals surface area contributed by atoms with E-state index in [0.29, 0.717) is 6.54 Å². The molecule has 1 aromatic heterocycles. The van der Waals surface area contributed by atoms with E-state index < -0.39 is 0 Å². The third-order valence-corrected chi connectivity index (χ3v) is 3.36. The van der Waals surface area contributed by atoms with Crippen molar-refractivity contribution in [2.24, 2.45) is 0 Å². The first-order chi connectivity index (χ1) is 8.72. The van der Waals surface area contributed by atoms with Gasteiger partial charge in [0.1, 0.15) is 11.5 Å². The zero-order valence-electron chi connectivity index (χ0n) is 10.7. The summed E-state index contributed by atoms with van der Waals surface area (Å²) in [6.07, 6.45) is 0. The smallest absolute Gasteiger partial charge is 0.145 e. The average molecular weight is 264 g/mol. The zero-order valence-corrected chi connectivity index (χ0v) is 11.5. The van der Waals surface area contributed by atoms with Gasteiger partial charge in [-0.15, -0.1) is 11.3 Å². The second-order valence-corrected chi connectivity index (χ2v) is 4.84. The maximum absolute atomic E-state index is 5.32. The van der Waals surface area contributed by atoms with Crippen molar-refractivity contribution >= 4 is 17.0 Å². The monoisotopic (exact) mass is 264 g/mol. The van der Waals surface area contributed by atoms with Crippen molar-refractivity contribution in [3.05, 3.63) is 34.3 Å².